The van der Waals surface area contributed by atoms with E-state index >= 15 is 0 Å². The lowest BCUT2D eigenvalue weighted by Crippen LogP contribution is -2.54. The molecular weight excluding hydrogens is 426 g/mol. The van der Waals surface area contributed by atoms with Gasteiger partial charge in [0.05, 0.1) is 0 Å². The number of carbonyl (C=O) groups is 3. The van der Waals surface area contributed by atoms with Crippen molar-refractivity contribution in [1.29, 1.82) is 0 Å². The summed E-state index contributed by atoms with van der Waals surface area (Å²) in [6.07, 6.45) is 0.829. The Kier molecular flexibility index (Phi) is 10.3. The van der Waals surface area contributed by atoms with E-state index in [9.17, 15) is 14.4 Å². The highest BCUT2D eigenvalue weighted by atomic mass is 32.1. The summed E-state index contributed by atoms with van der Waals surface area (Å²) in [6, 6.07) is 3.68. The molecule has 2 atom stereocenters. The van der Waals surface area contributed by atoms with Crippen molar-refractivity contribution in [3.63, 3.8) is 0 Å². The number of benzene rings is 1. The second kappa shape index (κ2) is 11.9. The van der Waals surface area contributed by atoms with Crippen molar-refractivity contribution in [1.82, 2.24) is 15.5 Å². The maximum atomic E-state index is 13.5. The second-order valence-electron chi connectivity index (χ2n) is 9.07. The first-order valence-corrected chi connectivity index (χ1v) is 11.3. The van der Waals surface area contributed by atoms with Crippen LogP contribution in [-0.4, -0.2) is 52.8 Å². The molecule has 2 unspecified atom stereocenters. The zero-order valence-electron chi connectivity index (χ0n) is 20.2. The van der Waals surface area contributed by atoms with Crippen LogP contribution in [0.2, 0.25) is 0 Å². The van der Waals surface area contributed by atoms with Gasteiger partial charge in [0.2, 0.25) is 11.8 Å². The van der Waals surface area contributed by atoms with Gasteiger partial charge in [-0.1, -0.05) is 24.3 Å². The number of nitrogens with zero attached hydrogens (tertiary/aromatic N) is 1. The van der Waals surface area contributed by atoms with Gasteiger partial charge in [-0.15, -0.1) is 6.58 Å². The number of hydrogen-bond acceptors (Lipinski definition) is 5. The standard InChI is InChI=1S/C24H37N3O4S/c1-9-12-27(22(29)19(14-32)26-23(30)31-24(6,7)8)20(21(28)25-15(2)3)18-11-10-16(4)17(5)13-18/h9-11,13,15,19-20,32H,1,12,14H2,2-8H3,(H,25,28)(H,26,30). The normalized spacial score (nSPS) is 13.2. The maximum absolute atomic E-state index is 13.5. The van der Waals surface area contributed by atoms with Crippen LogP contribution in [0.5, 0.6) is 0 Å². The van der Waals surface area contributed by atoms with Crippen LogP contribution in [0.15, 0.2) is 30.9 Å². The molecule has 178 valence electrons. The highest BCUT2D eigenvalue weighted by molar-refractivity contribution is 7.80. The summed E-state index contributed by atoms with van der Waals surface area (Å²) in [6.45, 7) is 16.7. The zero-order chi connectivity index (χ0) is 24.6. The number of alkyl carbamates (subject to hydrolysis) is 1. The van der Waals surface area contributed by atoms with E-state index in [0.29, 0.717) is 5.56 Å². The largest absolute Gasteiger partial charge is 0.444 e. The average molecular weight is 464 g/mol. The fraction of sp³-hybridized carbons (Fsp3) is 0.542. The van der Waals surface area contributed by atoms with Gasteiger partial charge in [0, 0.05) is 18.3 Å². The van der Waals surface area contributed by atoms with E-state index in [-0.39, 0.29) is 24.2 Å². The Balaban J connectivity index is 3.37. The van der Waals surface area contributed by atoms with Crippen LogP contribution in [-0.2, 0) is 14.3 Å². The van der Waals surface area contributed by atoms with Crippen molar-refractivity contribution in [2.24, 2.45) is 0 Å². The average Bonchev–Trinajstić information content (AvgIpc) is 2.66. The molecule has 0 fully saturated rings. The third-order valence-electron chi connectivity index (χ3n) is 4.62. The van der Waals surface area contributed by atoms with Crippen LogP contribution < -0.4 is 10.6 Å². The summed E-state index contributed by atoms with van der Waals surface area (Å²) in [4.78, 5) is 40.4. The number of amides is 3. The number of aryl methyl sites for hydroxylation is 2. The van der Waals surface area contributed by atoms with Gasteiger partial charge in [0.25, 0.3) is 0 Å². The molecule has 0 spiro atoms. The summed E-state index contributed by atoms with van der Waals surface area (Å²) in [7, 11) is 0. The van der Waals surface area contributed by atoms with Crippen LogP contribution >= 0.6 is 12.6 Å². The fourth-order valence-corrected chi connectivity index (χ4v) is 3.32. The lowest BCUT2D eigenvalue weighted by atomic mass is 9.98. The monoisotopic (exact) mass is 463 g/mol. The number of nitrogens with one attached hydrogen (secondary N) is 2. The van der Waals surface area contributed by atoms with Crippen LogP contribution in [0.3, 0.4) is 0 Å². The van der Waals surface area contributed by atoms with Gasteiger partial charge in [-0.2, -0.15) is 12.6 Å². The molecule has 1 rings (SSSR count). The molecule has 0 aliphatic heterocycles. The molecule has 2 N–H and O–H groups in total. The molecule has 0 aromatic heterocycles. The second-order valence-corrected chi connectivity index (χ2v) is 9.44. The van der Waals surface area contributed by atoms with Crippen molar-refractivity contribution >= 4 is 30.5 Å². The molecular formula is C24H37N3O4S. The molecule has 0 bridgehead atoms. The number of thiol groups is 1. The predicted octanol–water partition coefficient (Wildman–Crippen LogP) is 3.71. The van der Waals surface area contributed by atoms with Gasteiger partial charge >= 0.3 is 6.09 Å². The number of hydrogen-bond donors (Lipinski definition) is 3. The molecule has 0 saturated carbocycles. The molecule has 0 saturated heterocycles. The predicted molar refractivity (Wildman–Crippen MR) is 131 cm³/mol. The van der Waals surface area contributed by atoms with Gasteiger partial charge in [0.15, 0.2) is 0 Å². The summed E-state index contributed by atoms with van der Waals surface area (Å²) in [5.74, 6) is -0.724. The van der Waals surface area contributed by atoms with E-state index in [2.05, 4.69) is 29.8 Å². The fourth-order valence-electron chi connectivity index (χ4n) is 3.07. The lowest BCUT2D eigenvalue weighted by Gasteiger charge is -2.34. The number of ether oxygens (including phenoxy) is 1. The molecule has 32 heavy (non-hydrogen) atoms. The smallest absolute Gasteiger partial charge is 0.408 e. The number of carbonyl (C=O) groups excluding carboxylic acids is 3. The topological polar surface area (TPSA) is 87.7 Å². The molecule has 0 heterocycles. The minimum Gasteiger partial charge on any atom is -0.444 e. The van der Waals surface area contributed by atoms with E-state index in [0.717, 1.165) is 11.1 Å². The van der Waals surface area contributed by atoms with Crippen molar-refractivity contribution < 1.29 is 19.1 Å². The summed E-state index contributed by atoms with van der Waals surface area (Å²) < 4.78 is 5.28. The lowest BCUT2D eigenvalue weighted by molar-refractivity contribution is -0.141. The van der Waals surface area contributed by atoms with Gasteiger partial charge in [-0.05, 0) is 65.2 Å². The molecule has 0 aliphatic carbocycles. The van der Waals surface area contributed by atoms with Gasteiger partial charge < -0.3 is 20.3 Å². The van der Waals surface area contributed by atoms with Crippen molar-refractivity contribution in [2.45, 2.75) is 72.2 Å². The summed E-state index contributed by atoms with van der Waals surface area (Å²) >= 11 is 4.25. The Labute approximate surface area is 197 Å². The number of rotatable bonds is 9. The quantitative estimate of drug-likeness (QED) is 0.385. The first-order valence-electron chi connectivity index (χ1n) is 10.7. The Hall–Kier alpha value is -2.48. The molecule has 1 aromatic rings. The molecule has 0 aliphatic rings. The summed E-state index contributed by atoms with van der Waals surface area (Å²) in [5.41, 5.74) is 2.05. The van der Waals surface area contributed by atoms with Crippen LogP contribution in [0.1, 0.15) is 57.4 Å². The van der Waals surface area contributed by atoms with Crippen molar-refractivity contribution in [3.8, 4) is 0 Å². The highest BCUT2D eigenvalue weighted by Gasteiger charge is 2.35. The molecule has 3 amide bonds. The Morgan fingerprint density at radius 1 is 1.16 bits per heavy atom. The Morgan fingerprint density at radius 3 is 2.25 bits per heavy atom. The third kappa shape index (κ3) is 8.22. The van der Waals surface area contributed by atoms with Crippen LogP contribution in [0.4, 0.5) is 4.79 Å². The molecule has 1 aromatic carbocycles. The Bertz CT molecular complexity index is 833. The van der Waals surface area contributed by atoms with E-state index < -0.39 is 29.7 Å². The maximum Gasteiger partial charge on any atom is 0.408 e. The SMILES string of the molecule is C=CCN(C(=O)C(CS)NC(=O)OC(C)(C)C)C(C(=O)NC(C)C)c1ccc(C)c(C)c1. The van der Waals surface area contributed by atoms with Crippen molar-refractivity contribution in [2.75, 3.05) is 12.3 Å². The van der Waals surface area contributed by atoms with Crippen LogP contribution in [0, 0.1) is 13.8 Å². The van der Waals surface area contributed by atoms with E-state index in [1.165, 1.54) is 4.90 Å². The van der Waals surface area contributed by atoms with E-state index in [4.69, 9.17) is 4.74 Å². The highest BCUT2D eigenvalue weighted by Crippen LogP contribution is 2.25. The van der Waals surface area contributed by atoms with Crippen LogP contribution in [0.25, 0.3) is 0 Å². The minimum absolute atomic E-state index is 0.0389. The third-order valence-corrected chi connectivity index (χ3v) is 4.98. The zero-order valence-corrected chi connectivity index (χ0v) is 21.1. The van der Waals surface area contributed by atoms with E-state index in [1.807, 2.05) is 45.9 Å². The molecule has 7 nitrogen and oxygen atoms in total. The van der Waals surface area contributed by atoms with Gasteiger partial charge in [0.1, 0.15) is 17.7 Å². The van der Waals surface area contributed by atoms with Gasteiger partial charge in [-0.25, -0.2) is 4.79 Å². The van der Waals surface area contributed by atoms with E-state index in [1.54, 1.807) is 26.8 Å². The minimum atomic E-state index is -0.978. The summed E-state index contributed by atoms with van der Waals surface area (Å²) in [5, 5.41) is 5.47. The van der Waals surface area contributed by atoms with Crippen molar-refractivity contribution in [3.05, 3.63) is 47.5 Å². The van der Waals surface area contributed by atoms with Gasteiger partial charge in [-0.3, -0.25) is 9.59 Å². The first-order chi connectivity index (χ1) is 14.8. The first kappa shape index (κ1) is 27.6. The molecule has 0 radical (unpaired) electrons. The molecule has 8 heteroatoms. The Morgan fingerprint density at radius 2 is 1.78 bits per heavy atom.